The van der Waals surface area contributed by atoms with Crippen molar-refractivity contribution in [3.05, 3.63) is 94.5 Å². The fraction of sp³-hybridized carbons (Fsp3) is 0.432. The Morgan fingerprint density at radius 1 is 0.980 bits per heavy atom. The van der Waals surface area contributed by atoms with Crippen LogP contribution in [0, 0.1) is 0 Å². The predicted molar refractivity (Wildman–Crippen MR) is 177 cm³/mol. The van der Waals surface area contributed by atoms with Gasteiger partial charge >= 0.3 is 18.4 Å². The van der Waals surface area contributed by atoms with Gasteiger partial charge < -0.3 is 29.5 Å². The molecule has 0 saturated carbocycles. The van der Waals surface area contributed by atoms with Gasteiger partial charge in [0.2, 0.25) is 0 Å². The third kappa shape index (κ3) is 8.91. The number of rotatable bonds is 14. The average Bonchev–Trinajstić information content (AvgIpc) is 3.04. The SMILES string of the molecule is CCCc1cc(C(O)(C(F)(F)F)C(F)(F)F)cc(/C=C/c2ccccc2)c1OCCCCN1COC(C)(c2ccc(OC(C)C)cc2)NC1=O. The Morgan fingerprint density at radius 3 is 2.22 bits per heavy atom. The van der Waals surface area contributed by atoms with Crippen LogP contribution in [0.4, 0.5) is 31.1 Å². The Kier molecular flexibility index (Phi) is 12.2. The van der Waals surface area contributed by atoms with Gasteiger partial charge in [-0.15, -0.1) is 0 Å². The molecule has 1 heterocycles. The summed E-state index contributed by atoms with van der Waals surface area (Å²) in [4.78, 5) is 14.5. The standard InChI is InChI=1S/C37H42F6N2O5/c1-5-11-27-22-30(35(47,36(38,39)40)37(41,42)43)23-28(15-14-26-12-7-6-8-13-26)32(27)48-21-10-9-20-45-24-49-34(4,44-33(45)46)29-16-18-31(19-17-29)50-25(2)3/h6-8,12-19,22-23,25,47H,5,9-11,20-21,24H2,1-4H3,(H,44,46)/b15-14+. The third-order valence-electron chi connectivity index (χ3n) is 8.19. The smallest absolute Gasteiger partial charge is 0.430 e. The molecule has 0 radical (unpaired) electrons. The summed E-state index contributed by atoms with van der Waals surface area (Å²) in [7, 11) is 0. The van der Waals surface area contributed by atoms with Crippen molar-refractivity contribution in [1.82, 2.24) is 10.2 Å². The van der Waals surface area contributed by atoms with Gasteiger partial charge in [-0.05, 0) is 75.4 Å². The van der Waals surface area contributed by atoms with Crippen LogP contribution in [0.2, 0.25) is 0 Å². The van der Waals surface area contributed by atoms with Gasteiger partial charge in [-0.2, -0.15) is 26.3 Å². The zero-order valence-electron chi connectivity index (χ0n) is 28.3. The molecule has 4 rings (SSSR count). The number of nitrogens with one attached hydrogen (secondary N) is 1. The highest BCUT2D eigenvalue weighted by atomic mass is 19.4. The highest BCUT2D eigenvalue weighted by molar-refractivity contribution is 5.76. The number of hydrogen-bond acceptors (Lipinski definition) is 5. The molecule has 0 spiro atoms. The normalized spacial score (nSPS) is 17.4. The van der Waals surface area contributed by atoms with Crippen molar-refractivity contribution in [3.63, 3.8) is 0 Å². The van der Waals surface area contributed by atoms with E-state index in [1.54, 1.807) is 62.4 Å². The van der Waals surface area contributed by atoms with Crippen LogP contribution in [0.15, 0.2) is 66.7 Å². The van der Waals surface area contributed by atoms with Crippen LogP contribution in [-0.2, 0) is 22.5 Å². The molecule has 0 aliphatic carbocycles. The van der Waals surface area contributed by atoms with E-state index in [0.29, 0.717) is 43.2 Å². The lowest BCUT2D eigenvalue weighted by atomic mass is 9.87. The molecular weight excluding hydrogens is 666 g/mol. The minimum absolute atomic E-state index is 0.0154. The molecule has 2 N–H and O–H groups in total. The number of aryl methyl sites for hydroxylation is 1. The van der Waals surface area contributed by atoms with Crippen molar-refractivity contribution in [2.24, 2.45) is 0 Å². The molecule has 1 aliphatic heterocycles. The number of unbranched alkanes of at least 4 members (excludes halogenated alkanes) is 1. The molecule has 50 heavy (non-hydrogen) atoms. The summed E-state index contributed by atoms with van der Waals surface area (Å²) in [5.41, 5.74) is -6.05. The molecule has 3 aromatic rings. The van der Waals surface area contributed by atoms with E-state index < -0.39 is 29.2 Å². The van der Waals surface area contributed by atoms with Gasteiger partial charge in [0.15, 0.2) is 5.72 Å². The first-order valence-electron chi connectivity index (χ1n) is 16.4. The van der Waals surface area contributed by atoms with Crippen molar-refractivity contribution in [3.8, 4) is 11.5 Å². The number of hydrogen-bond donors (Lipinski definition) is 2. The number of urea groups is 1. The van der Waals surface area contributed by atoms with Gasteiger partial charge in [0.05, 0.1) is 12.7 Å². The average molecular weight is 709 g/mol. The number of alkyl halides is 6. The quantitative estimate of drug-likeness (QED) is 0.0994. The molecule has 1 fully saturated rings. The summed E-state index contributed by atoms with van der Waals surface area (Å²) in [5.74, 6) is 0.814. The van der Waals surface area contributed by atoms with Crippen molar-refractivity contribution < 1.29 is 50.5 Å². The van der Waals surface area contributed by atoms with Crippen molar-refractivity contribution >= 4 is 18.2 Å². The molecule has 3 aromatic carbocycles. The lowest BCUT2D eigenvalue weighted by Gasteiger charge is -2.40. The lowest BCUT2D eigenvalue weighted by molar-refractivity contribution is -0.376. The van der Waals surface area contributed by atoms with E-state index in [4.69, 9.17) is 14.2 Å². The molecule has 0 bridgehead atoms. The molecule has 1 atom stereocenters. The van der Waals surface area contributed by atoms with E-state index in [1.807, 2.05) is 26.0 Å². The Hall–Kier alpha value is -4.23. The largest absolute Gasteiger partial charge is 0.493 e. The first kappa shape index (κ1) is 38.6. The maximum Gasteiger partial charge on any atom is 0.430 e. The van der Waals surface area contributed by atoms with Crippen LogP contribution in [0.25, 0.3) is 12.2 Å². The Labute approximate surface area is 287 Å². The fourth-order valence-electron chi connectivity index (χ4n) is 5.52. The van der Waals surface area contributed by atoms with Gasteiger partial charge in [0.1, 0.15) is 18.2 Å². The number of carbonyl (C=O) groups excluding carboxylic acids is 1. The van der Waals surface area contributed by atoms with Gasteiger partial charge in [-0.25, -0.2) is 4.79 Å². The van der Waals surface area contributed by atoms with Gasteiger partial charge in [-0.1, -0.05) is 68.0 Å². The highest BCUT2D eigenvalue weighted by Gasteiger charge is 2.71. The monoisotopic (exact) mass is 708 g/mol. The van der Waals surface area contributed by atoms with E-state index in [2.05, 4.69) is 5.32 Å². The fourth-order valence-corrected chi connectivity index (χ4v) is 5.52. The summed E-state index contributed by atoms with van der Waals surface area (Å²) in [5, 5.41) is 13.1. The van der Waals surface area contributed by atoms with Crippen LogP contribution < -0.4 is 14.8 Å². The topological polar surface area (TPSA) is 80.3 Å². The van der Waals surface area contributed by atoms with Crippen molar-refractivity contribution in [2.75, 3.05) is 19.9 Å². The predicted octanol–water partition coefficient (Wildman–Crippen LogP) is 8.94. The number of benzene rings is 3. The van der Waals surface area contributed by atoms with Crippen LogP contribution >= 0.6 is 0 Å². The molecule has 1 unspecified atom stereocenters. The number of aliphatic hydroxyl groups is 1. The second-order valence-electron chi connectivity index (χ2n) is 12.5. The number of halogens is 6. The molecular formula is C37H42F6N2O5. The first-order valence-corrected chi connectivity index (χ1v) is 16.4. The maximum atomic E-state index is 13.9. The maximum absolute atomic E-state index is 13.9. The third-order valence-corrected chi connectivity index (χ3v) is 8.19. The van der Waals surface area contributed by atoms with E-state index in [1.165, 1.54) is 11.0 Å². The Balaban J connectivity index is 1.47. The molecule has 0 aromatic heterocycles. The molecule has 7 nitrogen and oxygen atoms in total. The molecule has 2 amide bonds. The first-order chi connectivity index (χ1) is 23.5. The lowest BCUT2D eigenvalue weighted by Crippen LogP contribution is -2.58. The number of nitrogens with zero attached hydrogens (tertiary/aromatic N) is 1. The van der Waals surface area contributed by atoms with Crippen molar-refractivity contribution in [2.45, 2.75) is 83.2 Å². The second-order valence-corrected chi connectivity index (χ2v) is 12.5. The molecule has 1 aliphatic rings. The van der Waals surface area contributed by atoms with E-state index in [9.17, 15) is 36.2 Å². The second kappa shape index (κ2) is 15.8. The minimum atomic E-state index is -6.04. The van der Waals surface area contributed by atoms with Crippen LogP contribution in [0.1, 0.15) is 74.8 Å². The van der Waals surface area contributed by atoms with Gasteiger partial charge in [-0.3, -0.25) is 0 Å². The number of ether oxygens (including phenoxy) is 3. The minimum Gasteiger partial charge on any atom is -0.493 e. The summed E-state index contributed by atoms with van der Waals surface area (Å²) >= 11 is 0. The summed E-state index contributed by atoms with van der Waals surface area (Å²) in [6, 6.07) is 17.0. The van der Waals surface area contributed by atoms with Crippen LogP contribution in [-0.4, -0.2) is 54.4 Å². The summed E-state index contributed by atoms with van der Waals surface area (Å²) in [6.07, 6.45) is -7.79. The van der Waals surface area contributed by atoms with Crippen LogP contribution in [0.5, 0.6) is 11.5 Å². The highest BCUT2D eigenvalue weighted by Crippen LogP contribution is 2.51. The van der Waals surface area contributed by atoms with Crippen molar-refractivity contribution in [1.29, 1.82) is 0 Å². The zero-order chi connectivity index (χ0) is 36.7. The van der Waals surface area contributed by atoms with Crippen LogP contribution in [0.3, 0.4) is 0 Å². The molecule has 1 saturated heterocycles. The van der Waals surface area contributed by atoms with Gasteiger partial charge in [0.25, 0.3) is 5.60 Å². The van der Waals surface area contributed by atoms with E-state index in [-0.39, 0.29) is 48.8 Å². The molecule has 272 valence electrons. The number of carbonyl (C=O) groups is 1. The van der Waals surface area contributed by atoms with E-state index >= 15 is 0 Å². The molecule has 13 heteroatoms. The van der Waals surface area contributed by atoms with Gasteiger partial charge in [0, 0.05) is 23.2 Å². The zero-order valence-corrected chi connectivity index (χ0v) is 28.3. The summed E-state index contributed by atoms with van der Waals surface area (Å²) in [6.45, 7) is 7.70. The Morgan fingerprint density at radius 2 is 1.64 bits per heavy atom. The Bertz CT molecular complexity index is 1600. The summed E-state index contributed by atoms with van der Waals surface area (Å²) < 4.78 is 101. The number of amides is 2. The van der Waals surface area contributed by atoms with E-state index in [0.717, 1.165) is 11.6 Å².